The van der Waals surface area contributed by atoms with E-state index in [-0.39, 0.29) is 24.9 Å². The van der Waals surface area contributed by atoms with Crippen LogP contribution in [0.2, 0.25) is 0 Å². The summed E-state index contributed by atoms with van der Waals surface area (Å²) in [6.45, 7) is 2.48. The summed E-state index contributed by atoms with van der Waals surface area (Å²) in [7, 11) is 0. The van der Waals surface area contributed by atoms with Crippen LogP contribution in [0.15, 0.2) is 24.3 Å². The fraction of sp³-hybridized carbons (Fsp3) is 0.435. The Morgan fingerprint density at radius 1 is 1.22 bits per heavy atom. The number of carbonyl (C=O) groups excluding carboxylic acids is 2. The average Bonchev–Trinajstić information content (AvgIpc) is 3.39. The molecule has 8 nitrogen and oxygen atoms in total. The lowest BCUT2D eigenvalue weighted by Crippen LogP contribution is -2.53. The molecule has 0 bridgehead atoms. The van der Waals surface area contributed by atoms with Crippen molar-refractivity contribution in [2.75, 3.05) is 49.6 Å². The quantitative estimate of drug-likeness (QED) is 0.764. The predicted molar refractivity (Wildman–Crippen MR) is 120 cm³/mol. The molecule has 1 saturated heterocycles. The second-order valence-corrected chi connectivity index (χ2v) is 9.22. The van der Waals surface area contributed by atoms with Crippen molar-refractivity contribution < 1.29 is 19.1 Å². The van der Waals surface area contributed by atoms with Crippen LogP contribution in [0.1, 0.15) is 22.4 Å². The van der Waals surface area contributed by atoms with Gasteiger partial charge in [-0.05, 0) is 37.0 Å². The van der Waals surface area contributed by atoms with E-state index in [1.165, 1.54) is 16.2 Å². The zero-order valence-corrected chi connectivity index (χ0v) is 18.5. The van der Waals surface area contributed by atoms with Gasteiger partial charge in [0.25, 0.3) is 5.91 Å². The molecule has 32 heavy (non-hydrogen) atoms. The van der Waals surface area contributed by atoms with Gasteiger partial charge in [-0.1, -0.05) is 12.1 Å². The highest BCUT2D eigenvalue weighted by Crippen LogP contribution is 2.39. The Balaban J connectivity index is 1.32. The van der Waals surface area contributed by atoms with Crippen LogP contribution < -0.4 is 15.0 Å². The summed E-state index contributed by atoms with van der Waals surface area (Å²) in [6, 6.07) is 9.70. The molecule has 3 aliphatic rings. The summed E-state index contributed by atoms with van der Waals surface area (Å²) in [4.78, 5) is 30.8. The zero-order chi connectivity index (χ0) is 22.1. The van der Waals surface area contributed by atoms with Gasteiger partial charge in [-0.15, -0.1) is 11.3 Å². The van der Waals surface area contributed by atoms with Crippen LogP contribution in [0.25, 0.3) is 0 Å². The van der Waals surface area contributed by atoms with Gasteiger partial charge in [0, 0.05) is 18.0 Å². The third-order valence-electron chi connectivity index (χ3n) is 6.08. The number of carbonyl (C=O) groups is 2. The van der Waals surface area contributed by atoms with E-state index in [4.69, 9.17) is 9.47 Å². The van der Waals surface area contributed by atoms with Crippen molar-refractivity contribution in [3.05, 3.63) is 40.3 Å². The third-order valence-corrected chi connectivity index (χ3v) is 7.29. The second-order valence-electron chi connectivity index (χ2n) is 8.11. The molecular formula is C23H24N4O4S. The molecule has 166 valence electrons. The molecule has 1 fully saturated rings. The number of anilines is 2. The molecule has 9 heteroatoms. The number of rotatable bonds is 4. The maximum atomic E-state index is 13.0. The third kappa shape index (κ3) is 3.92. The summed E-state index contributed by atoms with van der Waals surface area (Å²) in [6.07, 6.45) is 2.24. The number of nitrogens with one attached hydrogen (secondary N) is 1. The number of hydrogen-bond acceptors (Lipinski definition) is 7. The molecule has 2 amide bonds. The van der Waals surface area contributed by atoms with E-state index >= 15 is 0 Å². The lowest BCUT2D eigenvalue weighted by atomic mass is 10.1. The van der Waals surface area contributed by atoms with Crippen molar-refractivity contribution in [2.45, 2.75) is 25.4 Å². The molecule has 1 aromatic carbocycles. The smallest absolute Gasteiger partial charge is 0.265 e. The van der Waals surface area contributed by atoms with Gasteiger partial charge in [-0.2, -0.15) is 5.26 Å². The van der Waals surface area contributed by atoms with Gasteiger partial charge in [0.15, 0.2) is 6.10 Å². The molecular weight excluding hydrogens is 428 g/mol. The van der Waals surface area contributed by atoms with E-state index in [0.29, 0.717) is 42.6 Å². The number of thiophene rings is 1. The van der Waals surface area contributed by atoms with E-state index in [0.717, 1.165) is 30.5 Å². The number of fused-ring (bicyclic) bond motifs is 2. The standard InChI is InChI=1S/C23H24N4O4S/c24-12-16-15-4-3-7-20(15)32-22(16)25-21(28)14-27-13-19(23(29)26-8-10-30-11-9-26)31-18-6-2-1-5-17(18)27/h1-2,5-6,19H,3-4,7-11,13-14H2,(H,25,28)/t19-/m0/s1. The van der Waals surface area contributed by atoms with Crippen LogP contribution in [-0.2, 0) is 27.2 Å². The van der Waals surface area contributed by atoms with E-state index in [2.05, 4.69) is 11.4 Å². The van der Waals surface area contributed by atoms with E-state index in [1.54, 1.807) is 4.90 Å². The number of nitriles is 1. The van der Waals surface area contributed by atoms with E-state index in [1.807, 2.05) is 29.2 Å². The molecule has 5 rings (SSSR count). The van der Waals surface area contributed by atoms with Crippen molar-refractivity contribution in [3.8, 4) is 11.8 Å². The van der Waals surface area contributed by atoms with Crippen LogP contribution >= 0.6 is 11.3 Å². The van der Waals surface area contributed by atoms with Crippen molar-refractivity contribution in [2.24, 2.45) is 0 Å². The molecule has 1 aliphatic carbocycles. The number of para-hydroxylation sites is 2. The first-order chi connectivity index (χ1) is 15.6. The maximum Gasteiger partial charge on any atom is 0.265 e. The first-order valence-corrected chi connectivity index (χ1v) is 11.7. The summed E-state index contributed by atoms with van der Waals surface area (Å²) < 4.78 is 11.4. The Hall–Kier alpha value is -3.09. The van der Waals surface area contributed by atoms with Crippen LogP contribution in [0, 0.1) is 11.3 Å². The van der Waals surface area contributed by atoms with Crippen molar-refractivity contribution >= 4 is 33.8 Å². The largest absolute Gasteiger partial charge is 0.477 e. The lowest BCUT2D eigenvalue weighted by Gasteiger charge is -2.38. The summed E-state index contributed by atoms with van der Waals surface area (Å²) in [5, 5.41) is 13.2. The summed E-state index contributed by atoms with van der Waals surface area (Å²) in [5.41, 5.74) is 2.46. The van der Waals surface area contributed by atoms with Gasteiger partial charge in [0.2, 0.25) is 5.91 Å². The van der Waals surface area contributed by atoms with Gasteiger partial charge in [0.05, 0.1) is 37.6 Å². The number of morpholine rings is 1. The second kappa shape index (κ2) is 8.81. The van der Waals surface area contributed by atoms with Crippen molar-refractivity contribution in [1.29, 1.82) is 5.26 Å². The molecule has 0 radical (unpaired) electrons. The van der Waals surface area contributed by atoms with E-state index in [9.17, 15) is 14.9 Å². The zero-order valence-electron chi connectivity index (χ0n) is 17.6. The molecule has 1 atom stereocenters. The Bertz CT molecular complexity index is 1090. The lowest BCUT2D eigenvalue weighted by molar-refractivity contribution is -0.142. The molecule has 0 saturated carbocycles. The van der Waals surface area contributed by atoms with Gasteiger partial charge < -0.3 is 24.6 Å². The molecule has 1 aromatic heterocycles. The van der Waals surface area contributed by atoms with E-state index < -0.39 is 6.10 Å². The highest BCUT2D eigenvalue weighted by molar-refractivity contribution is 7.16. The SMILES string of the molecule is N#Cc1c(NC(=O)CN2C[C@@H](C(=O)N3CCOCC3)Oc3ccccc32)sc2c1CCC2. The maximum absolute atomic E-state index is 13.0. The monoisotopic (exact) mass is 452 g/mol. The Morgan fingerprint density at radius 3 is 2.84 bits per heavy atom. The Kier molecular flexibility index (Phi) is 5.72. The number of hydrogen-bond donors (Lipinski definition) is 1. The fourth-order valence-electron chi connectivity index (χ4n) is 4.52. The number of benzene rings is 1. The number of nitrogens with zero attached hydrogens (tertiary/aromatic N) is 3. The number of ether oxygens (including phenoxy) is 2. The average molecular weight is 453 g/mol. The molecule has 2 aliphatic heterocycles. The Morgan fingerprint density at radius 2 is 2.03 bits per heavy atom. The highest BCUT2D eigenvalue weighted by atomic mass is 32.1. The fourth-order valence-corrected chi connectivity index (χ4v) is 5.78. The van der Waals surface area contributed by atoms with Crippen molar-refractivity contribution in [1.82, 2.24) is 4.90 Å². The highest BCUT2D eigenvalue weighted by Gasteiger charge is 2.35. The van der Waals surface area contributed by atoms with Crippen LogP contribution in [0.3, 0.4) is 0 Å². The minimum absolute atomic E-state index is 0.0701. The normalized spacial score (nSPS) is 19.5. The first kappa shape index (κ1) is 20.8. The van der Waals surface area contributed by atoms with Gasteiger partial charge in [-0.25, -0.2) is 0 Å². The number of aryl methyl sites for hydroxylation is 1. The van der Waals surface area contributed by atoms with Crippen LogP contribution in [0.4, 0.5) is 10.7 Å². The molecule has 2 aromatic rings. The minimum atomic E-state index is -0.684. The van der Waals surface area contributed by atoms with Crippen LogP contribution in [0.5, 0.6) is 5.75 Å². The molecule has 0 spiro atoms. The molecule has 3 heterocycles. The molecule has 0 unspecified atom stereocenters. The first-order valence-electron chi connectivity index (χ1n) is 10.9. The summed E-state index contributed by atoms with van der Waals surface area (Å²) >= 11 is 1.50. The predicted octanol–water partition coefficient (Wildman–Crippen LogP) is 2.17. The van der Waals surface area contributed by atoms with Crippen LogP contribution in [-0.4, -0.2) is 62.2 Å². The van der Waals surface area contributed by atoms with Gasteiger partial charge in [0.1, 0.15) is 16.8 Å². The summed E-state index contributed by atoms with van der Waals surface area (Å²) in [5.74, 6) is 0.288. The van der Waals surface area contributed by atoms with Gasteiger partial charge >= 0.3 is 0 Å². The molecule has 1 N–H and O–H groups in total. The topological polar surface area (TPSA) is 94.9 Å². The number of amides is 2. The Labute approximate surface area is 190 Å². The van der Waals surface area contributed by atoms with Crippen molar-refractivity contribution in [3.63, 3.8) is 0 Å². The van der Waals surface area contributed by atoms with Gasteiger partial charge in [-0.3, -0.25) is 9.59 Å². The minimum Gasteiger partial charge on any atom is -0.477 e.